The highest BCUT2D eigenvalue weighted by Crippen LogP contribution is 2.28. The molecule has 0 radical (unpaired) electrons. The Hall–Kier alpha value is -0.660. The molecule has 0 amide bonds. The molecule has 0 heterocycles. The molecule has 0 saturated carbocycles. The molecule has 0 aromatic heterocycles. The predicted molar refractivity (Wildman–Crippen MR) is 72.0 cm³/mol. The first-order valence-electron chi connectivity index (χ1n) is 7.02. The monoisotopic (exact) mass is 240 g/mol. The van der Waals surface area contributed by atoms with Gasteiger partial charge in [-0.05, 0) is 32.6 Å². The van der Waals surface area contributed by atoms with E-state index in [0.29, 0.717) is 12.3 Å². The Balaban J connectivity index is 4.54. The molecule has 0 aromatic carbocycles. The average molecular weight is 240 g/mol. The molecule has 0 spiro atoms. The van der Waals surface area contributed by atoms with Crippen molar-refractivity contribution in [1.82, 2.24) is 0 Å². The van der Waals surface area contributed by atoms with Gasteiger partial charge in [0, 0.05) is 12.3 Å². The minimum atomic E-state index is -0.0365. The predicted octanol–water partition coefficient (Wildman–Crippen LogP) is 4.17. The molecule has 1 unspecified atom stereocenters. The second-order valence-corrected chi connectivity index (χ2v) is 5.17. The lowest BCUT2D eigenvalue weighted by atomic mass is 9.79. The van der Waals surface area contributed by atoms with Crippen molar-refractivity contribution in [2.75, 3.05) is 0 Å². The Morgan fingerprint density at radius 3 is 1.71 bits per heavy atom. The molecule has 0 aromatic rings. The van der Waals surface area contributed by atoms with Gasteiger partial charge in [0.05, 0.1) is 0 Å². The third-order valence-electron chi connectivity index (χ3n) is 3.46. The van der Waals surface area contributed by atoms with Crippen molar-refractivity contribution in [2.45, 2.75) is 72.6 Å². The largest absolute Gasteiger partial charge is 0.300 e. The first-order chi connectivity index (χ1) is 8.02. The molecule has 0 fully saturated rings. The Morgan fingerprint density at radius 2 is 1.41 bits per heavy atom. The summed E-state index contributed by atoms with van der Waals surface area (Å²) in [6.45, 7) is 7.57. The van der Waals surface area contributed by atoms with E-state index in [-0.39, 0.29) is 17.5 Å². The summed E-state index contributed by atoms with van der Waals surface area (Å²) in [6.07, 6.45) is 7.27. The van der Waals surface area contributed by atoms with Crippen LogP contribution in [0.1, 0.15) is 72.6 Å². The topological polar surface area (TPSA) is 34.1 Å². The van der Waals surface area contributed by atoms with Gasteiger partial charge in [0.1, 0.15) is 11.6 Å². The van der Waals surface area contributed by atoms with Gasteiger partial charge in [-0.15, -0.1) is 0 Å². The van der Waals surface area contributed by atoms with Gasteiger partial charge >= 0.3 is 0 Å². The van der Waals surface area contributed by atoms with Crippen LogP contribution in [0.5, 0.6) is 0 Å². The molecule has 2 nitrogen and oxygen atoms in total. The van der Waals surface area contributed by atoms with Gasteiger partial charge in [0.15, 0.2) is 0 Å². The molecule has 0 N–H and O–H groups in total. The second kappa shape index (κ2) is 9.38. The van der Waals surface area contributed by atoms with E-state index < -0.39 is 0 Å². The van der Waals surface area contributed by atoms with Crippen molar-refractivity contribution in [3.63, 3.8) is 0 Å². The van der Waals surface area contributed by atoms with Crippen molar-refractivity contribution in [2.24, 2.45) is 11.8 Å². The quantitative estimate of drug-likeness (QED) is 0.574. The maximum Gasteiger partial charge on any atom is 0.133 e. The van der Waals surface area contributed by atoms with Crippen LogP contribution in [0.4, 0.5) is 0 Å². The standard InChI is InChI=1S/C15H28O2/c1-5-7-9-14(10-8-6-2)15(13(4)17)11-12(3)16/h14-15H,5-11H2,1-4H3. The summed E-state index contributed by atoms with van der Waals surface area (Å²) in [4.78, 5) is 23.0. The minimum Gasteiger partial charge on any atom is -0.300 e. The smallest absolute Gasteiger partial charge is 0.133 e. The van der Waals surface area contributed by atoms with Crippen LogP contribution in [0.15, 0.2) is 0 Å². The molecule has 0 bridgehead atoms. The average Bonchev–Trinajstić information content (AvgIpc) is 2.26. The Kier molecular flexibility index (Phi) is 9.01. The maximum absolute atomic E-state index is 11.7. The first kappa shape index (κ1) is 16.3. The fourth-order valence-corrected chi connectivity index (χ4v) is 2.43. The van der Waals surface area contributed by atoms with Crippen LogP contribution in [-0.2, 0) is 9.59 Å². The van der Waals surface area contributed by atoms with Gasteiger partial charge in [0.2, 0.25) is 0 Å². The van der Waals surface area contributed by atoms with E-state index in [1.807, 2.05) is 0 Å². The zero-order valence-corrected chi connectivity index (χ0v) is 11.9. The molecule has 0 aliphatic heterocycles. The Labute approximate surface area is 106 Å². The molecule has 2 heteroatoms. The van der Waals surface area contributed by atoms with Crippen molar-refractivity contribution in [3.05, 3.63) is 0 Å². The summed E-state index contributed by atoms with van der Waals surface area (Å²) in [7, 11) is 0. The van der Waals surface area contributed by atoms with Crippen LogP contribution in [0, 0.1) is 11.8 Å². The van der Waals surface area contributed by atoms with E-state index >= 15 is 0 Å². The number of hydrogen-bond acceptors (Lipinski definition) is 2. The molecule has 0 aliphatic carbocycles. The Bertz CT molecular complexity index is 225. The highest BCUT2D eigenvalue weighted by Gasteiger charge is 2.25. The van der Waals surface area contributed by atoms with Crippen molar-refractivity contribution in [3.8, 4) is 0 Å². The van der Waals surface area contributed by atoms with Crippen LogP contribution in [-0.4, -0.2) is 11.6 Å². The van der Waals surface area contributed by atoms with Crippen molar-refractivity contribution in [1.29, 1.82) is 0 Å². The fraction of sp³-hybridized carbons (Fsp3) is 0.867. The number of ketones is 2. The molecule has 0 rings (SSSR count). The van der Waals surface area contributed by atoms with Gasteiger partial charge in [-0.2, -0.15) is 0 Å². The van der Waals surface area contributed by atoms with E-state index in [1.54, 1.807) is 13.8 Å². The van der Waals surface area contributed by atoms with Crippen LogP contribution in [0.25, 0.3) is 0 Å². The van der Waals surface area contributed by atoms with Crippen LogP contribution in [0.3, 0.4) is 0 Å². The SMILES string of the molecule is CCCCC(CCCC)C(CC(C)=O)C(C)=O. The van der Waals surface area contributed by atoms with Gasteiger partial charge in [-0.1, -0.05) is 39.5 Å². The number of carbonyl (C=O) groups is 2. The van der Waals surface area contributed by atoms with Gasteiger partial charge in [-0.3, -0.25) is 4.79 Å². The zero-order chi connectivity index (χ0) is 13.3. The third-order valence-corrected chi connectivity index (χ3v) is 3.46. The van der Waals surface area contributed by atoms with E-state index in [9.17, 15) is 9.59 Å². The lowest BCUT2D eigenvalue weighted by Gasteiger charge is -2.24. The lowest BCUT2D eigenvalue weighted by Crippen LogP contribution is -2.24. The minimum absolute atomic E-state index is 0.0365. The summed E-state index contributed by atoms with van der Waals surface area (Å²) in [5.74, 6) is 0.711. The molecule has 0 aliphatic rings. The van der Waals surface area contributed by atoms with Crippen LogP contribution >= 0.6 is 0 Å². The number of rotatable bonds is 10. The molecular formula is C15H28O2. The summed E-state index contributed by atoms with van der Waals surface area (Å²) in [5.41, 5.74) is 0. The van der Waals surface area contributed by atoms with E-state index in [2.05, 4.69) is 13.8 Å². The van der Waals surface area contributed by atoms with E-state index in [1.165, 1.54) is 0 Å². The highest BCUT2D eigenvalue weighted by molar-refractivity contribution is 5.85. The zero-order valence-electron chi connectivity index (χ0n) is 11.9. The fourth-order valence-electron chi connectivity index (χ4n) is 2.43. The molecular weight excluding hydrogens is 212 g/mol. The summed E-state index contributed by atoms with van der Waals surface area (Å²) >= 11 is 0. The van der Waals surface area contributed by atoms with Gasteiger partial charge in [0.25, 0.3) is 0 Å². The van der Waals surface area contributed by atoms with E-state index in [4.69, 9.17) is 0 Å². The number of Topliss-reactive ketones (excluding diaryl/α,β-unsaturated/α-hetero) is 2. The maximum atomic E-state index is 11.7. The second-order valence-electron chi connectivity index (χ2n) is 5.17. The Morgan fingerprint density at radius 1 is 0.941 bits per heavy atom. The lowest BCUT2D eigenvalue weighted by molar-refractivity contribution is -0.127. The molecule has 100 valence electrons. The summed E-state index contributed by atoms with van der Waals surface area (Å²) in [6, 6.07) is 0. The normalized spacial score (nSPS) is 12.8. The number of carbonyl (C=O) groups excluding carboxylic acids is 2. The first-order valence-corrected chi connectivity index (χ1v) is 7.02. The summed E-state index contributed by atoms with van der Waals surface area (Å²) < 4.78 is 0. The van der Waals surface area contributed by atoms with Gasteiger partial charge < -0.3 is 4.79 Å². The van der Waals surface area contributed by atoms with Crippen LogP contribution < -0.4 is 0 Å². The highest BCUT2D eigenvalue weighted by atomic mass is 16.1. The van der Waals surface area contributed by atoms with Crippen molar-refractivity contribution >= 4 is 11.6 Å². The number of hydrogen-bond donors (Lipinski definition) is 0. The summed E-state index contributed by atoms with van der Waals surface area (Å²) in [5, 5.41) is 0. The third kappa shape index (κ3) is 7.30. The van der Waals surface area contributed by atoms with E-state index in [0.717, 1.165) is 38.5 Å². The molecule has 0 saturated heterocycles. The van der Waals surface area contributed by atoms with Crippen molar-refractivity contribution < 1.29 is 9.59 Å². The van der Waals surface area contributed by atoms with Crippen LogP contribution in [0.2, 0.25) is 0 Å². The molecule has 17 heavy (non-hydrogen) atoms. The van der Waals surface area contributed by atoms with Gasteiger partial charge in [-0.25, -0.2) is 0 Å². The molecule has 1 atom stereocenters. The number of unbranched alkanes of at least 4 members (excludes halogenated alkanes) is 2.